The van der Waals surface area contributed by atoms with E-state index in [0.29, 0.717) is 12.0 Å². The molecule has 1 amide bonds. The topological polar surface area (TPSA) is 32.8 Å². The number of morpholine rings is 1. The number of amides is 1. The molecule has 3 fully saturated rings. The highest BCUT2D eigenvalue weighted by Gasteiger charge is 2.29. The summed E-state index contributed by atoms with van der Waals surface area (Å²) in [6, 6.07) is 0. The fraction of sp³-hybridized carbons (Fsp3) is 0.938. The van der Waals surface area contributed by atoms with Crippen molar-refractivity contribution in [2.45, 2.75) is 51.0 Å². The van der Waals surface area contributed by atoms with E-state index in [1.807, 2.05) is 4.90 Å². The highest BCUT2D eigenvalue weighted by Crippen LogP contribution is 2.29. The summed E-state index contributed by atoms with van der Waals surface area (Å²) in [4.78, 5) is 16.2. The number of likely N-dealkylation sites (tertiary alicyclic amines) is 1. The largest absolute Gasteiger partial charge is 0.375 e. The zero-order valence-corrected chi connectivity index (χ0v) is 12.6. The monoisotopic (exact) mass is 280 g/mol. The molecule has 114 valence electrons. The van der Waals surface area contributed by atoms with Crippen LogP contribution in [0.5, 0.6) is 0 Å². The van der Waals surface area contributed by atoms with E-state index in [9.17, 15) is 4.79 Å². The average molecular weight is 280 g/mol. The molecule has 3 aliphatic rings. The number of hydrogen-bond donors (Lipinski definition) is 0. The summed E-state index contributed by atoms with van der Waals surface area (Å²) >= 11 is 0. The number of carbonyl (C=O) groups excluding carboxylic acids is 1. The molecule has 2 saturated heterocycles. The Balaban J connectivity index is 1.44. The van der Waals surface area contributed by atoms with Gasteiger partial charge in [0.25, 0.3) is 0 Å². The van der Waals surface area contributed by atoms with Crippen LogP contribution in [0.25, 0.3) is 0 Å². The van der Waals surface area contributed by atoms with E-state index in [4.69, 9.17) is 4.74 Å². The van der Waals surface area contributed by atoms with Crippen LogP contribution in [0.4, 0.5) is 0 Å². The maximum Gasteiger partial charge on any atom is 0.222 e. The second kappa shape index (κ2) is 6.90. The van der Waals surface area contributed by atoms with E-state index in [1.54, 1.807) is 0 Å². The number of hydrogen-bond acceptors (Lipinski definition) is 3. The first-order valence-electron chi connectivity index (χ1n) is 8.44. The standard InChI is InChI=1S/C16H28N2O2/c19-16-7-4-8-18(16)10-9-17-11-12-20-15(13-17)14-5-2-1-3-6-14/h14-15H,1-13H2/t15-/m1/s1. The van der Waals surface area contributed by atoms with Crippen molar-refractivity contribution in [3.63, 3.8) is 0 Å². The Morgan fingerprint density at radius 3 is 2.65 bits per heavy atom. The van der Waals surface area contributed by atoms with Gasteiger partial charge in [-0.05, 0) is 25.2 Å². The van der Waals surface area contributed by atoms with Gasteiger partial charge in [0.2, 0.25) is 5.91 Å². The summed E-state index contributed by atoms with van der Waals surface area (Å²) in [5.41, 5.74) is 0. The van der Waals surface area contributed by atoms with Crippen LogP contribution in [0.2, 0.25) is 0 Å². The lowest BCUT2D eigenvalue weighted by molar-refractivity contribution is -0.128. The van der Waals surface area contributed by atoms with Crippen LogP contribution in [-0.4, -0.2) is 61.1 Å². The second-order valence-electron chi connectivity index (χ2n) is 6.59. The van der Waals surface area contributed by atoms with Gasteiger partial charge in [0.1, 0.15) is 0 Å². The van der Waals surface area contributed by atoms with Crippen molar-refractivity contribution < 1.29 is 9.53 Å². The molecule has 2 aliphatic heterocycles. The molecule has 2 heterocycles. The Kier molecular flexibility index (Phi) is 4.94. The van der Waals surface area contributed by atoms with E-state index in [0.717, 1.165) is 58.1 Å². The zero-order chi connectivity index (χ0) is 13.8. The fourth-order valence-electron chi connectivity index (χ4n) is 3.93. The van der Waals surface area contributed by atoms with E-state index in [2.05, 4.69) is 4.90 Å². The minimum atomic E-state index is 0.349. The Bertz CT molecular complexity index is 328. The van der Waals surface area contributed by atoms with Crippen molar-refractivity contribution in [1.82, 2.24) is 9.80 Å². The zero-order valence-electron chi connectivity index (χ0n) is 12.6. The highest BCUT2D eigenvalue weighted by molar-refractivity contribution is 5.78. The van der Waals surface area contributed by atoms with Crippen molar-refractivity contribution in [2.75, 3.05) is 39.3 Å². The van der Waals surface area contributed by atoms with Gasteiger partial charge in [0.15, 0.2) is 0 Å². The number of ether oxygens (including phenoxy) is 1. The number of rotatable bonds is 4. The summed E-state index contributed by atoms with van der Waals surface area (Å²) < 4.78 is 6.02. The molecule has 0 aromatic rings. The average Bonchev–Trinajstić information content (AvgIpc) is 2.92. The molecule has 0 aromatic carbocycles. The second-order valence-corrected chi connectivity index (χ2v) is 6.59. The van der Waals surface area contributed by atoms with Crippen molar-refractivity contribution in [2.24, 2.45) is 5.92 Å². The molecular formula is C16H28N2O2. The van der Waals surface area contributed by atoms with Gasteiger partial charge in [0, 0.05) is 39.1 Å². The first kappa shape index (κ1) is 14.3. The predicted molar refractivity (Wildman–Crippen MR) is 78.6 cm³/mol. The molecule has 20 heavy (non-hydrogen) atoms. The van der Waals surface area contributed by atoms with Crippen LogP contribution in [0.3, 0.4) is 0 Å². The lowest BCUT2D eigenvalue weighted by Gasteiger charge is -2.38. The van der Waals surface area contributed by atoms with Crippen molar-refractivity contribution in [1.29, 1.82) is 0 Å². The van der Waals surface area contributed by atoms with Gasteiger partial charge in [-0.15, -0.1) is 0 Å². The maximum atomic E-state index is 11.6. The van der Waals surface area contributed by atoms with Gasteiger partial charge in [-0.1, -0.05) is 19.3 Å². The third-order valence-corrected chi connectivity index (χ3v) is 5.21. The Hall–Kier alpha value is -0.610. The molecular weight excluding hydrogens is 252 g/mol. The van der Waals surface area contributed by atoms with Crippen LogP contribution < -0.4 is 0 Å². The predicted octanol–water partition coefficient (Wildman–Crippen LogP) is 1.89. The van der Waals surface area contributed by atoms with E-state index < -0.39 is 0 Å². The Morgan fingerprint density at radius 1 is 1.05 bits per heavy atom. The third kappa shape index (κ3) is 3.53. The van der Waals surface area contributed by atoms with Crippen molar-refractivity contribution in [3.8, 4) is 0 Å². The lowest BCUT2D eigenvalue weighted by Crippen LogP contribution is -2.48. The van der Waals surface area contributed by atoms with E-state index in [1.165, 1.54) is 32.1 Å². The molecule has 1 atom stereocenters. The summed E-state index contributed by atoms with van der Waals surface area (Å²) in [7, 11) is 0. The molecule has 3 rings (SSSR count). The van der Waals surface area contributed by atoms with Gasteiger partial charge in [-0.25, -0.2) is 0 Å². The Morgan fingerprint density at radius 2 is 1.90 bits per heavy atom. The first-order chi connectivity index (χ1) is 9.83. The minimum Gasteiger partial charge on any atom is -0.375 e. The molecule has 0 radical (unpaired) electrons. The molecule has 0 N–H and O–H groups in total. The summed E-state index contributed by atoms with van der Waals surface area (Å²) in [5.74, 6) is 1.13. The Labute approximate surface area is 122 Å². The van der Waals surface area contributed by atoms with Gasteiger partial charge in [0.05, 0.1) is 12.7 Å². The van der Waals surface area contributed by atoms with E-state index in [-0.39, 0.29) is 0 Å². The van der Waals surface area contributed by atoms with Crippen LogP contribution in [0.15, 0.2) is 0 Å². The molecule has 1 aliphatic carbocycles. The third-order valence-electron chi connectivity index (χ3n) is 5.21. The minimum absolute atomic E-state index is 0.349. The molecule has 1 saturated carbocycles. The summed E-state index contributed by atoms with van der Waals surface area (Å²) in [5, 5.41) is 0. The van der Waals surface area contributed by atoms with Crippen LogP contribution >= 0.6 is 0 Å². The molecule has 0 aromatic heterocycles. The SMILES string of the molecule is O=C1CCCN1CCN1CCO[C@@H](C2CCCCC2)C1. The maximum absolute atomic E-state index is 11.6. The van der Waals surface area contributed by atoms with E-state index >= 15 is 0 Å². The normalized spacial score (nSPS) is 30.1. The summed E-state index contributed by atoms with van der Waals surface area (Å²) in [6.45, 7) is 5.89. The first-order valence-corrected chi connectivity index (χ1v) is 8.44. The molecule has 4 heteroatoms. The highest BCUT2D eigenvalue weighted by atomic mass is 16.5. The van der Waals surface area contributed by atoms with Crippen molar-refractivity contribution in [3.05, 3.63) is 0 Å². The van der Waals surface area contributed by atoms with Gasteiger partial charge in [-0.2, -0.15) is 0 Å². The number of carbonyl (C=O) groups is 1. The van der Waals surface area contributed by atoms with Gasteiger partial charge < -0.3 is 9.64 Å². The van der Waals surface area contributed by atoms with Crippen LogP contribution in [0.1, 0.15) is 44.9 Å². The van der Waals surface area contributed by atoms with Crippen LogP contribution in [-0.2, 0) is 9.53 Å². The van der Waals surface area contributed by atoms with Crippen molar-refractivity contribution >= 4 is 5.91 Å². The fourth-order valence-corrected chi connectivity index (χ4v) is 3.93. The lowest BCUT2D eigenvalue weighted by atomic mass is 9.84. The summed E-state index contributed by atoms with van der Waals surface area (Å²) in [6.07, 6.45) is 9.12. The molecule has 4 nitrogen and oxygen atoms in total. The molecule has 0 bridgehead atoms. The quantitative estimate of drug-likeness (QED) is 0.788. The molecule has 0 spiro atoms. The smallest absolute Gasteiger partial charge is 0.222 e. The number of nitrogens with zero attached hydrogens (tertiary/aromatic N) is 2. The van der Waals surface area contributed by atoms with Gasteiger partial charge >= 0.3 is 0 Å². The van der Waals surface area contributed by atoms with Crippen LogP contribution in [0, 0.1) is 5.92 Å². The van der Waals surface area contributed by atoms with Gasteiger partial charge in [-0.3, -0.25) is 9.69 Å². The molecule has 0 unspecified atom stereocenters.